The zero-order valence-corrected chi connectivity index (χ0v) is 10.8. The second kappa shape index (κ2) is 4.81. The number of rotatable bonds is 1. The molecule has 5 heteroatoms. The summed E-state index contributed by atoms with van der Waals surface area (Å²) in [5.41, 5.74) is 6.03. The van der Waals surface area contributed by atoms with Crippen molar-refractivity contribution >= 4 is 11.6 Å². The SMILES string of the molecule is Nc1cc(C(=O)N2CCN3CCCC3C2)ccc1F. The van der Waals surface area contributed by atoms with Crippen molar-refractivity contribution in [2.45, 2.75) is 18.9 Å². The summed E-state index contributed by atoms with van der Waals surface area (Å²) in [5, 5.41) is 0. The summed E-state index contributed by atoms with van der Waals surface area (Å²) in [6.07, 6.45) is 2.38. The monoisotopic (exact) mass is 263 g/mol. The molecular weight excluding hydrogens is 245 g/mol. The van der Waals surface area contributed by atoms with E-state index in [-0.39, 0.29) is 11.6 Å². The molecule has 2 heterocycles. The van der Waals surface area contributed by atoms with Gasteiger partial charge in [-0.05, 0) is 37.6 Å². The van der Waals surface area contributed by atoms with Crippen LogP contribution in [-0.2, 0) is 0 Å². The van der Waals surface area contributed by atoms with Gasteiger partial charge >= 0.3 is 0 Å². The maximum absolute atomic E-state index is 13.1. The molecule has 1 aromatic rings. The van der Waals surface area contributed by atoms with Gasteiger partial charge in [-0.25, -0.2) is 4.39 Å². The van der Waals surface area contributed by atoms with E-state index in [0.29, 0.717) is 11.6 Å². The van der Waals surface area contributed by atoms with E-state index < -0.39 is 5.82 Å². The molecule has 3 rings (SSSR count). The number of nitrogens with two attached hydrogens (primary N) is 1. The van der Waals surface area contributed by atoms with E-state index in [1.807, 2.05) is 4.90 Å². The lowest BCUT2D eigenvalue weighted by Gasteiger charge is -2.37. The summed E-state index contributed by atoms with van der Waals surface area (Å²) in [5.74, 6) is -0.518. The van der Waals surface area contributed by atoms with Gasteiger partial charge in [0, 0.05) is 31.2 Å². The number of hydrogen-bond donors (Lipinski definition) is 1. The quantitative estimate of drug-likeness (QED) is 0.778. The van der Waals surface area contributed by atoms with E-state index >= 15 is 0 Å². The molecule has 1 atom stereocenters. The number of fused-ring (bicyclic) bond motifs is 1. The number of nitrogen functional groups attached to an aromatic ring is 1. The molecule has 0 bridgehead atoms. The van der Waals surface area contributed by atoms with Crippen LogP contribution in [0.25, 0.3) is 0 Å². The molecule has 2 aliphatic rings. The number of benzene rings is 1. The van der Waals surface area contributed by atoms with Crippen molar-refractivity contribution in [2.75, 3.05) is 31.9 Å². The highest BCUT2D eigenvalue weighted by Gasteiger charge is 2.32. The molecule has 0 aliphatic carbocycles. The van der Waals surface area contributed by atoms with Crippen LogP contribution in [0.4, 0.5) is 10.1 Å². The normalized spacial score (nSPS) is 23.4. The maximum Gasteiger partial charge on any atom is 0.254 e. The van der Waals surface area contributed by atoms with Crippen LogP contribution >= 0.6 is 0 Å². The lowest BCUT2D eigenvalue weighted by Crippen LogP contribution is -2.52. The Balaban J connectivity index is 1.74. The van der Waals surface area contributed by atoms with Gasteiger partial charge in [-0.3, -0.25) is 9.69 Å². The Kier molecular flexibility index (Phi) is 3.14. The molecule has 1 unspecified atom stereocenters. The molecule has 2 saturated heterocycles. The van der Waals surface area contributed by atoms with Crippen LogP contribution < -0.4 is 5.73 Å². The van der Waals surface area contributed by atoms with Crippen LogP contribution in [0.1, 0.15) is 23.2 Å². The zero-order chi connectivity index (χ0) is 13.4. The molecule has 0 saturated carbocycles. The topological polar surface area (TPSA) is 49.6 Å². The summed E-state index contributed by atoms with van der Waals surface area (Å²) in [6.45, 7) is 3.60. The number of carbonyl (C=O) groups excluding carboxylic acids is 1. The third kappa shape index (κ3) is 2.30. The summed E-state index contributed by atoms with van der Waals surface area (Å²) in [6, 6.07) is 4.69. The van der Waals surface area contributed by atoms with Crippen LogP contribution in [0.2, 0.25) is 0 Å². The second-order valence-corrected chi connectivity index (χ2v) is 5.32. The average Bonchev–Trinajstić information content (AvgIpc) is 2.88. The van der Waals surface area contributed by atoms with Gasteiger partial charge in [0.15, 0.2) is 0 Å². The van der Waals surface area contributed by atoms with Crippen molar-refractivity contribution in [2.24, 2.45) is 0 Å². The Morgan fingerprint density at radius 3 is 2.95 bits per heavy atom. The Hall–Kier alpha value is -1.62. The fraction of sp³-hybridized carbons (Fsp3) is 0.500. The summed E-state index contributed by atoms with van der Waals surface area (Å²) >= 11 is 0. The lowest BCUT2D eigenvalue weighted by molar-refractivity contribution is 0.0571. The minimum Gasteiger partial charge on any atom is -0.396 e. The predicted octanol–water partition coefficient (Wildman–Crippen LogP) is 1.33. The highest BCUT2D eigenvalue weighted by Crippen LogP contribution is 2.23. The number of anilines is 1. The maximum atomic E-state index is 13.1. The fourth-order valence-electron chi connectivity index (χ4n) is 3.03. The highest BCUT2D eigenvalue weighted by molar-refractivity contribution is 5.95. The third-order valence-corrected chi connectivity index (χ3v) is 4.12. The van der Waals surface area contributed by atoms with E-state index in [1.165, 1.54) is 24.6 Å². The van der Waals surface area contributed by atoms with Gasteiger partial charge in [-0.2, -0.15) is 0 Å². The van der Waals surface area contributed by atoms with Gasteiger partial charge in [-0.15, -0.1) is 0 Å². The summed E-state index contributed by atoms with van der Waals surface area (Å²) in [4.78, 5) is 16.7. The second-order valence-electron chi connectivity index (χ2n) is 5.32. The molecule has 2 aliphatic heterocycles. The molecule has 102 valence electrons. The molecule has 2 fully saturated rings. The number of hydrogen-bond acceptors (Lipinski definition) is 3. The number of piperazine rings is 1. The van der Waals surface area contributed by atoms with E-state index in [2.05, 4.69) is 4.90 Å². The number of nitrogens with zero attached hydrogens (tertiary/aromatic N) is 2. The van der Waals surface area contributed by atoms with Gasteiger partial charge < -0.3 is 10.6 Å². The molecule has 0 spiro atoms. The third-order valence-electron chi connectivity index (χ3n) is 4.12. The Morgan fingerprint density at radius 2 is 2.16 bits per heavy atom. The fourth-order valence-corrected chi connectivity index (χ4v) is 3.03. The van der Waals surface area contributed by atoms with E-state index in [4.69, 9.17) is 5.73 Å². The zero-order valence-electron chi connectivity index (χ0n) is 10.8. The van der Waals surface area contributed by atoms with Gasteiger partial charge in [0.05, 0.1) is 5.69 Å². The van der Waals surface area contributed by atoms with Crippen LogP contribution in [0.15, 0.2) is 18.2 Å². The number of halogens is 1. The Labute approximate surface area is 112 Å². The van der Waals surface area contributed by atoms with Gasteiger partial charge in [-0.1, -0.05) is 0 Å². The van der Waals surface area contributed by atoms with E-state index in [9.17, 15) is 9.18 Å². The van der Waals surface area contributed by atoms with Crippen LogP contribution in [0, 0.1) is 5.82 Å². The average molecular weight is 263 g/mol. The standard InChI is InChI=1S/C14H18FN3O/c15-12-4-3-10(8-13(12)16)14(19)18-7-6-17-5-1-2-11(17)9-18/h3-4,8,11H,1-2,5-7,9,16H2. The first kappa shape index (κ1) is 12.4. The number of carbonyl (C=O) groups is 1. The summed E-state index contributed by atoms with van der Waals surface area (Å²) < 4.78 is 13.1. The smallest absolute Gasteiger partial charge is 0.254 e. The molecule has 19 heavy (non-hydrogen) atoms. The predicted molar refractivity (Wildman–Crippen MR) is 71.3 cm³/mol. The van der Waals surface area contributed by atoms with Gasteiger partial charge in [0.2, 0.25) is 0 Å². The summed E-state index contributed by atoms with van der Waals surface area (Å²) in [7, 11) is 0. The van der Waals surface area contributed by atoms with E-state index in [0.717, 1.165) is 32.6 Å². The minimum absolute atomic E-state index is 0.0327. The van der Waals surface area contributed by atoms with Crippen molar-refractivity contribution in [1.82, 2.24) is 9.80 Å². The first-order chi connectivity index (χ1) is 9.15. The number of amides is 1. The first-order valence-corrected chi connectivity index (χ1v) is 6.73. The van der Waals surface area contributed by atoms with Crippen molar-refractivity contribution in [3.8, 4) is 0 Å². The van der Waals surface area contributed by atoms with Crippen molar-refractivity contribution < 1.29 is 9.18 Å². The first-order valence-electron chi connectivity index (χ1n) is 6.73. The molecule has 0 radical (unpaired) electrons. The van der Waals surface area contributed by atoms with Crippen molar-refractivity contribution in [3.05, 3.63) is 29.6 Å². The van der Waals surface area contributed by atoms with Gasteiger partial charge in [0.1, 0.15) is 5.82 Å². The van der Waals surface area contributed by atoms with Crippen LogP contribution in [-0.4, -0.2) is 47.9 Å². The van der Waals surface area contributed by atoms with E-state index in [1.54, 1.807) is 0 Å². The lowest BCUT2D eigenvalue weighted by atomic mass is 10.1. The molecule has 4 nitrogen and oxygen atoms in total. The molecule has 1 amide bonds. The molecule has 2 N–H and O–H groups in total. The molecule has 1 aromatic carbocycles. The van der Waals surface area contributed by atoms with Gasteiger partial charge in [0.25, 0.3) is 5.91 Å². The molecule has 0 aromatic heterocycles. The van der Waals surface area contributed by atoms with Crippen LogP contribution in [0.5, 0.6) is 0 Å². The Bertz CT molecular complexity index is 505. The van der Waals surface area contributed by atoms with Crippen molar-refractivity contribution in [3.63, 3.8) is 0 Å². The highest BCUT2D eigenvalue weighted by atomic mass is 19.1. The van der Waals surface area contributed by atoms with Crippen LogP contribution in [0.3, 0.4) is 0 Å². The minimum atomic E-state index is -0.475. The Morgan fingerprint density at radius 1 is 1.32 bits per heavy atom. The molecular formula is C14H18FN3O. The van der Waals surface area contributed by atoms with Crippen molar-refractivity contribution in [1.29, 1.82) is 0 Å². The largest absolute Gasteiger partial charge is 0.396 e.